The van der Waals surface area contributed by atoms with E-state index in [-0.39, 0.29) is 61.2 Å². The molecule has 0 aliphatic heterocycles. The maximum absolute atomic E-state index is 10.1. The minimum Gasteiger partial charge on any atom is -0.502 e. The third-order valence-corrected chi connectivity index (χ3v) is 0.970. The molecule has 0 saturated heterocycles. The van der Waals surface area contributed by atoms with Gasteiger partial charge in [-0.25, -0.2) is 6.54 Å². The molecule has 16 heavy (non-hydrogen) atoms. The fourth-order valence-electron chi connectivity index (χ4n) is 0.651. The fraction of sp³-hybridized carbons (Fsp3) is 0.286. The number of hydrogen-bond donors (Lipinski definition) is 3. The van der Waals surface area contributed by atoms with Gasteiger partial charge in [-0.2, -0.15) is 0 Å². The third kappa shape index (κ3) is 16.5. The number of nitrogens with zero attached hydrogens (tertiary/aromatic N) is 1. The molecule has 0 bridgehead atoms. The van der Waals surface area contributed by atoms with Gasteiger partial charge in [0.15, 0.2) is 5.97 Å². The van der Waals surface area contributed by atoms with Crippen LogP contribution in [0.3, 0.4) is 0 Å². The molecule has 0 aromatic rings. The van der Waals surface area contributed by atoms with Crippen LogP contribution in [0.5, 0.6) is 0 Å². The van der Waals surface area contributed by atoms with Gasteiger partial charge in [-0.3, -0.25) is 14.4 Å². The number of rotatable bonds is 6. The average Bonchev–Trinajstić information content (AvgIpc) is 1.80. The number of carbonyl (C=O) groups is 3. The van der Waals surface area contributed by atoms with Gasteiger partial charge in [-0.15, -0.1) is 0 Å². The first kappa shape index (κ1) is 25.0. The molecule has 0 atom stereocenters. The second-order valence-corrected chi connectivity index (χ2v) is 2.16. The van der Waals surface area contributed by atoms with Gasteiger partial charge in [0.2, 0.25) is 0 Å². The Balaban J connectivity index is -0.000000240. The van der Waals surface area contributed by atoms with Crippen molar-refractivity contribution in [2.45, 2.75) is 0 Å². The molecule has 0 unspecified atom stereocenters. The molecular formula is C7H11NO6WY-2. The number of carboxylic acid groups (broad SMARTS) is 3. The van der Waals surface area contributed by atoms with Gasteiger partial charge in [-0.1, -0.05) is 0 Å². The van der Waals surface area contributed by atoms with E-state index in [2.05, 4.69) is 0 Å². The first-order chi connectivity index (χ1) is 5.91. The van der Waals surface area contributed by atoms with Crippen LogP contribution >= 0.6 is 0 Å². The largest absolute Gasteiger partial charge is 0.502 e. The summed E-state index contributed by atoms with van der Waals surface area (Å²) >= 11 is 0. The van der Waals surface area contributed by atoms with Crippen molar-refractivity contribution >= 4 is 17.9 Å². The number of carboxylic acids is 3. The number of aliphatic carboxylic acids is 3. The molecule has 0 amide bonds. The van der Waals surface area contributed by atoms with Crippen molar-refractivity contribution < 1.29 is 83.5 Å². The summed E-state index contributed by atoms with van der Waals surface area (Å²) in [5, 5.41) is 24.8. The summed E-state index contributed by atoms with van der Waals surface area (Å²) in [6.07, 6.45) is 0. The van der Waals surface area contributed by atoms with Crippen LogP contribution in [0.2, 0.25) is 0 Å². The molecule has 0 rings (SSSR count). The Hall–Kier alpha value is 0.0322. The second-order valence-electron chi connectivity index (χ2n) is 2.16. The van der Waals surface area contributed by atoms with Gasteiger partial charge in [-0.05, 0) is 0 Å². The van der Waals surface area contributed by atoms with Crippen molar-refractivity contribution in [3.63, 3.8) is 0 Å². The fourth-order valence-corrected chi connectivity index (χ4v) is 0.651. The van der Waals surface area contributed by atoms with E-state index in [0.29, 0.717) is 11.4 Å². The molecule has 0 aliphatic carbocycles. The molecule has 0 heterocycles. The molecule has 0 aliphatic rings. The van der Waals surface area contributed by atoms with Crippen molar-refractivity contribution in [2.24, 2.45) is 0 Å². The molecule has 0 spiro atoms. The molecule has 0 fully saturated rings. The van der Waals surface area contributed by atoms with E-state index < -0.39 is 31.0 Å². The SMILES string of the molecule is O=C(O)[CH-]N(CC(=O)O)CC(=O)O.[CH3-].[W].[Y]. The summed E-state index contributed by atoms with van der Waals surface area (Å²) < 4.78 is 0. The predicted octanol–water partition coefficient (Wildman–Crippen LogP) is -0.851. The minimum absolute atomic E-state index is 0. The first-order valence-corrected chi connectivity index (χ1v) is 3.17. The molecule has 0 aromatic heterocycles. The smallest absolute Gasteiger partial charge is 0.315 e. The Morgan fingerprint density at radius 1 is 1.00 bits per heavy atom. The molecule has 7 nitrogen and oxygen atoms in total. The van der Waals surface area contributed by atoms with Gasteiger partial charge in [0, 0.05) is 53.8 Å². The molecule has 91 valence electrons. The summed E-state index contributed by atoms with van der Waals surface area (Å²) in [7, 11) is 0. The van der Waals surface area contributed by atoms with Gasteiger partial charge < -0.3 is 27.6 Å². The third-order valence-electron chi connectivity index (χ3n) is 0.970. The van der Waals surface area contributed by atoms with E-state index in [1.165, 1.54) is 0 Å². The second kappa shape index (κ2) is 13.1. The van der Waals surface area contributed by atoms with Crippen LogP contribution in [0.1, 0.15) is 0 Å². The van der Waals surface area contributed by atoms with Crippen LogP contribution in [-0.2, 0) is 68.2 Å². The van der Waals surface area contributed by atoms with Crippen molar-refractivity contribution in [1.29, 1.82) is 0 Å². The molecule has 9 heteroatoms. The standard InChI is InChI=1S/C6H8NO6.CH3.W.Y/c8-4(9)1-7(2-5(10)11)3-6(12)13;;;/h1H,2-3H2,(H,8,9)(H,10,11)(H,12,13);1H3;;/q2*-1;;. The Bertz CT molecular complexity index is 199. The van der Waals surface area contributed by atoms with Crippen LogP contribution in [0, 0.1) is 14.0 Å². The Labute approximate surface area is 132 Å². The van der Waals surface area contributed by atoms with Gasteiger partial charge in [0.25, 0.3) is 0 Å². The van der Waals surface area contributed by atoms with E-state index in [9.17, 15) is 14.4 Å². The molecule has 3 N–H and O–H groups in total. The molecular weight excluding hydrogens is 467 g/mol. The quantitative estimate of drug-likeness (QED) is 0.427. The zero-order valence-corrected chi connectivity index (χ0v) is 14.3. The van der Waals surface area contributed by atoms with E-state index >= 15 is 0 Å². The zero-order chi connectivity index (χ0) is 10.4. The minimum atomic E-state index is -1.39. The van der Waals surface area contributed by atoms with Gasteiger partial charge >= 0.3 is 11.9 Å². The summed E-state index contributed by atoms with van der Waals surface area (Å²) in [6.45, 7) is -0.792. The Kier molecular flexibility index (Phi) is 20.5. The number of hydrogen-bond acceptors (Lipinski definition) is 4. The molecule has 1 radical (unpaired) electrons. The summed E-state index contributed by atoms with van der Waals surface area (Å²) in [6, 6.07) is 0. The molecule has 0 aromatic carbocycles. The van der Waals surface area contributed by atoms with Crippen LogP contribution in [-0.4, -0.2) is 51.2 Å². The van der Waals surface area contributed by atoms with E-state index in [0.717, 1.165) is 0 Å². The van der Waals surface area contributed by atoms with Crippen molar-refractivity contribution in [2.75, 3.05) is 13.1 Å². The van der Waals surface area contributed by atoms with Gasteiger partial charge in [0.05, 0.1) is 13.1 Å². The van der Waals surface area contributed by atoms with Crippen molar-refractivity contribution in [1.82, 2.24) is 4.90 Å². The van der Waals surface area contributed by atoms with E-state index in [4.69, 9.17) is 15.3 Å². The van der Waals surface area contributed by atoms with E-state index in [1.54, 1.807) is 0 Å². The summed E-state index contributed by atoms with van der Waals surface area (Å²) in [5.74, 6) is -3.97. The predicted molar refractivity (Wildman–Crippen MR) is 45.2 cm³/mol. The van der Waals surface area contributed by atoms with Crippen molar-refractivity contribution in [3.8, 4) is 0 Å². The summed E-state index contributed by atoms with van der Waals surface area (Å²) in [5.41, 5.74) is 0. The molecule has 0 saturated carbocycles. The normalized spacial score (nSPS) is 7.81. The van der Waals surface area contributed by atoms with Crippen LogP contribution < -0.4 is 0 Å². The van der Waals surface area contributed by atoms with Crippen LogP contribution in [0.4, 0.5) is 0 Å². The topological polar surface area (TPSA) is 115 Å². The summed E-state index contributed by atoms with van der Waals surface area (Å²) in [4.78, 5) is 31.0. The average molecular weight is 478 g/mol. The van der Waals surface area contributed by atoms with E-state index in [1.807, 2.05) is 0 Å². The Morgan fingerprint density at radius 3 is 1.50 bits per heavy atom. The monoisotopic (exact) mass is 478 g/mol. The Morgan fingerprint density at radius 2 is 1.31 bits per heavy atom. The maximum Gasteiger partial charge on any atom is 0.315 e. The van der Waals surface area contributed by atoms with Crippen LogP contribution in [0.15, 0.2) is 0 Å². The van der Waals surface area contributed by atoms with Crippen LogP contribution in [0.25, 0.3) is 0 Å². The first-order valence-electron chi connectivity index (χ1n) is 3.17. The van der Waals surface area contributed by atoms with Gasteiger partial charge in [0.1, 0.15) is 0 Å². The maximum atomic E-state index is 10.1. The zero-order valence-electron chi connectivity index (χ0n) is 8.49. The van der Waals surface area contributed by atoms with Crippen molar-refractivity contribution in [3.05, 3.63) is 14.0 Å².